The Labute approximate surface area is 188 Å². The highest BCUT2D eigenvalue weighted by Gasteiger charge is 2.09. The lowest BCUT2D eigenvalue weighted by molar-refractivity contribution is 0.274. The van der Waals surface area contributed by atoms with Crippen molar-refractivity contribution >= 4 is 0 Å². The van der Waals surface area contributed by atoms with Crippen LogP contribution >= 0.6 is 0 Å². The smallest absolute Gasteiger partial charge is 0.119 e. The molecule has 3 atom stereocenters. The number of hydrogen-bond donors (Lipinski definition) is 1. The molecule has 0 saturated carbocycles. The van der Waals surface area contributed by atoms with Gasteiger partial charge in [-0.05, 0) is 60.3 Å². The second-order valence-electron chi connectivity index (χ2n) is 10.4. The van der Waals surface area contributed by atoms with Crippen LogP contribution in [0.1, 0.15) is 110 Å². The van der Waals surface area contributed by atoms with Crippen LogP contribution in [0.4, 0.5) is 0 Å². The van der Waals surface area contributed by atoms with Crippen molar-refractivity contribution in [2.75, 3.05) is 6.61 Å². The Morgan fingerprint density at radius 3 is 1.70 bits per heavy atom. The highest BCUT2D eigenvalue weighted by Crippen LogP contribution is 2.23. The maximum atomic E-state index is 5.96. The van der Waals surface area contributed by atoms with Gasteiger partial charge in [-0.25, -0.2) is 0 Å². The van der Waals surface area contributed by atoms with Crippen LogP contribution < -0.4 is 10.5 Å². The van der Waals surface area contributed by atoms with Crippen molar-refractivity contribution in [3.05, 3.63) is 29.3 Å². The van der Waals surface area contributed by atoms with Crippen LogP contribution in [0, 0.1) is 30.6 Å². The van der Waals surface area contributed by atoms with Crippen molar-refractivity contribution in [3.63, 3.8) is 0 Å². The van der Waals surface area contributed by atoms with Crippen molar-refractivity contribution in [2.24, 2.45) is 29.4 Å². The summed E-state index contributed by atoms with van der Waals surface area (Å²) < 4.78 is 5.96. The Morgan fingerprint density at radius 2 is 1.23 bits per heavy atom. The van der Waals surface area contributed by atoms with Crippen molar-refractivity contribution in [1.29, 1.82) is 0 Å². The normalized spacial score (nSPS) is 14.7. The number of aryl methyl sites for hydroxylation is 1. The van der Waals surface area contributed by atoms with Crippen LogP contribution in [-0.4, -0.2) is 6.61 Å². The Morgan fingerprint density at radius 1 is 0.733 bits per heavy atom. The minimum atomic E-state index is 0.596. The lowest BCUT2D eigenvalue weighted by atomic mass is 9.91. The molecule has 2 N–H and O–H groups in total. The van der Waals surface area contributed by atoms with Gasteiger partial charge in [-0.3, -0.25) is 0 Å². The first-order chi connectivity index (χ1) is 14.3. The lowest BCUT2D eigenvalue weighted by Gasteiger charge is -2.16. The fraction of sp³-hybridized carbons (Fsp3) is 0.786. The molecule has 0 aliphatic rings. The summed E-state index contributed by atoms with van der Waals surface area (Å²) in [5.74, 6) is 4.36. The van der Waals surface area contributed by atoms with Gasteiger partial charge in [-0.1, -0.05) is 98.5 Å². The summed E-state index contributed by atoms with van der Waals surface area (Å²) in [6.07, 6.45) is 13.7. The maximum absolute atomic E-state index is 5.96. The van der Waals surface area contributed by atoms with Gasteiger partial charge in [0, 0.05) is 6.54 Å². The minimum Gasteiger partial charge on any atom is -0.494 e. The molecule has 0 heterocycles. The third kappa shape index (κ3) is 12.6. The molecule has 1 aromatic carbocycles. The SMILES string of the molecule is Cc1cc(OCCC(C)CCCC(C)CCCC(C)CCCC(C)C)ccc1CN. The summed E-state index contributed by atoms with van der Waals surface area (Å²) in [5, 5.41) is 0. The molecule has 0 fully saturated rings. The monoisotopic (exact) mass is 417 g/mol. The molecule has 0 spiro atoms. The first kappa shape index (κ1) is 27.0. The second-order valence-corrected chi connectivity index (χ2v) is 10.4. The van der Waals surface area contributed by atoms with E-state index in [-0.39, 0.29) is 0 Å². The number of rotatable bonds is 17. The summed E-state index contributed by atoms with van der Waals surface area (Å²) in [7, 11) is 0. The van der Waals surface area contributed by atoms with Gasteiger partial charge in [0.15, 0.2) is 0 Å². The second kappa shape index (κ2) is 15.7. The number of benzene rings is 1. The molecular weight excluding hydrogens is 366 g/mol. The predicted molar refractivity (Wildman–Crippen MR) is 133 cm³/mol. The van der Waals surface area contributed by atoms with E-state index in [9.17, 15) is 0 Å². The average molecular weight is 418 g/mol. The van der Waals surface area contributed by atoms with Crippen LogP contribution in [-0.2, 0) is 6.54 Å². The van der Waals surface area contributed by atoms with E-state index in [1.54, 1.807) is 0 Å². The number of ether oxygens (including phenoxy) is 1. The molecular formula is C28H51NO. The van der Waals surface area contributed by atoms with Gasteiger partial charge in [0.1, 0.15) is 5.75 Å². The third-order valence-corrected chi connectivity index (χ3v) is 6.68. The maximum Gasteiger partial charge on any atom is 0.119 e. The van der Waals surface area contributed by atoms with Crippen molar-refractivity contribution in [1.82, 2.24) is 0 Å². The van der Waals surface area contributed by atoms with Crippen LogP contribution in [0.25, 0.3) is 0 Å². The highest BCUT2D eigenvalue weighted by atomic mass is 16.5. The average Bonchev–Trinajstić information content (AvgIpc) is 2.68. The molecule has 30 heavy (non-hydrogen) atoms. The summed E-state index contributed by atoms with van der Waals surface area (Å²) in [5.41, 5.74) is 8.16. The van der Waals surface area contributed by atoms with E-state index in [1.807, 2.05) is 6.07 Å². The molecule has 0 aliphatic carbocycles. The van der Waals surface area contributed by atoms with E-state index in [0.717, 1.165) is 42.4 Å². The molecule has 0 aromatic heterocycles. The van der Waals surface area contributed by atoms with Crippen molar-refractivity contribution in [2.45, 2.75) is 112 Å². The Hall–Kier alpha value is -1.02. The number of hydrogen-bond acceptors (Lipinski definition) is 2. The van der Waals surface area contributed by atoms with Crippen molar-refractivity contribution < 1.29 is 4.74 Å². The first-order valence-corrected chi connectivity index (χ1v) is 12.7. The molecule has 0 bridgehead atoms. The van der Waals surface area contributed by atoms with Gasteiger partial charge < -0.3 is 10.5 Å². The van der Waals surface area contributed by atoms with E-state index in [0.29, 0.717) is 6.54 Å². The fourth-order valence-corrected chi connectivity index (χ4v) is 4.30. The van der Waals surface area contributed by atoms with E-state index in [1.165, 1.54) is 68.9 Å². The van der Waals surface area contributed by atoms with Crippen LogP contribution in [0.3, 0.4) is 0 Å². The van der Waals surface area contributed by atoms with Gasteiger partial charge in [0.05, 0.1) is 6.61 Å². The minimum absolute atomic E-state index is 0.596. The molecule has 1 aromatic rings. The standard InChI is InChI=1S/C28H51NO/c1-22(2)10-7-11-23(3)12-8-13-24(4)14-9-15-25(5)18-19-30-28-17-16-27(21-29)26(6)20-28/h16-17,20,22-25H,7-15,18-19,21,29H2,1-6H3. The molecule has 0 saturated heterocycles. The zero-order valence-electron chi connectivity index (χ0n) is 21.0. The van der Waals surface area contributed by atoms with Gasteiger partial charge in [0.2, 0.25) is 0 Å². The molecule has 2 nitrogen and oxygen atoms in total. The summed E-state index contributed by atoms with van der Waals surface area (Å²) >= 11 is 0. The van der Waals surface area contributed by atoms with Crippen molar-refractivity contribution in [3.8, 4) is 5.75 Å². The predicted octanol–water partition coefficient (Wildman–Crippen LogP) is 8.30. The zero-order chi connectivity index (χ0) is 22.4. The van der Waals surface area contributed by atoms with Gasteiger partial charge >= 0.3 is 0 Å². The largest absolute Gasteiger partial charge is 0.494 e. The lowest BCUT2D eigenvalue weighted by Crippen LogP contribution is -2.06. The van der Waals surface area contributed by atoms with Gasteiger partial charge in [-0.15, -0.1) is 0 Å². The highest BCUT2D eigenvalue weighted by molar-refractivity contribution is 5.34. The Bertz CT molecular complexity index is 554. The number of nitrogens with two attached hydrogens (primary N) is 1. The van der Waals surface area contributed by atoms with Crippen LogP contribution in [0.2, 0.25) is 0 Å². The third-order valence-electron chi connectivity index (χ3n) is 6.68. The van der Waals surface area contributed by atoms with Crippen LogP contribution in [0.5, 0.6) is 5.75 Å². The van der Waals surface area contributed by atoms with Gasteiger partial charge in [0.25, 0.3) is 0 Å². The molecule has 1 rings (SSSR count). The molecule has 0 amide bonds. The summed E-state index contributed by atoms with van der Waals surface area (Å²) in [6.45, 7) is 15.5. The molecule has 2 heteroatoms. The topological polar surface area (TPSA) is 35.2 Å². The summed E-state index contributed by atoms with van der Waals surface area (Å²) in [4.78, 5) is 0. The van der Waals surface area contributed by atoms with Crippen LogP contribution in [0.15, 0.2) is 18.2 Å². The van der Waals surface area contributed by atoms with E-state index in [4.69, 9.17) is 10.5 Å². The van der Waals surface area contributed by atoms with E-state index < -0.39 is 0 Å². The summed E-state index contributed by atoms with van der Waals surface area (Å²) in [6, 6.07) is 6.24. The molecule has 0 radical (unpaired) electrons. The van der Waals surface area contributed by atoms with E-state index in [2.05, 4.69) is 53.7 Å². The quantitative estimate of drug-likeness (QED) is 0.276. The van der Waals surface area contributed by atoms with Gasteiger partial charge in [-0.2, -0.15) is 0 Å². The van der Waals surface area contributed by atoms with E-state index >= 15 is 0 Å². The Balaban J connectivity index is 2.06. The fourth-order valence-electron chi connectivity index (χ4n) is 4.30. The zero-order valence-corrected chi connectivity index (χ0v) is 21.0. The Kier molecular flexibility index (Phi) is 14.2. The molecule has 3 unspecified atom stereocenters. The first-order valence-electron chi connectivity index (χ1n) is 12.7. The molecule has 0 aliphatic heterocycles. The molecule has 174 valence electrons.